The topological polar surface area (TPSA) is 109 Å². The number of nitrogens with two attached hydrogens (primary N) is 1. The lowest BCUT2D eigenvalue weighted by Gasteiger charge is -2.08. The summed E-state index contributed by atoms with van der Waals surface area (Å²) in [6.07, 6.45) is 2.45. The van der Waals surface area contributed by atoms with E-state index < -0.39 is 9.84 Å². The van der Waals surface area contributed by atoms with Crippen molar-refractivity contribution in [2.45, 2.75) is 4.90 Å². The van der Waals surface area contributed by atoms with Gasteiger partial charge in [0.15, 0.2) is 9.84 Å². The van der Waals surface area contributed by atoms with Gasteiger partial charge in [-0.25, -0.2) is 8.42 Å². The Morgan fingerprint density at radius 2 is 2.12 bits per heavy atom. The molecular formula is C10H11N3O3S. The number of rotatable bonds is 2. The molecule has 0 bridgehead atoms. The highest BCUT2D eigenvalue weighted by molar-refractivity contribution is 7.90. The molecule has 0 amide bonds. The van der Waals surface area contributed by atoms with Gasteiger partial charge in [-0.15, -0.1) is 0 Å². The number of nitrogens with one attached hydrogen (secondary N) is 1. The van der Waals surface area contributed by atoms with Crippen LogP contribution in [0.3, 0.4) is 0 Å². The van der Waals surface area contributed by atoms with E-state index in [9.17, 15) is 13.5 Å². The van der Waals surface area contributed by atoms with E-state index in [1.165, 1.54) is 24.4 Å². The molecule has 0 aliphatic rings. The minimum Gasteiger partial charge on any atom is -0.507 e. The Morgan fingerprint density at radius 3 is 2.65 bits per heavy atom. The first-order valence-electron chi connectivity index (χ1n) is 4.72. The van der Waals surface area contributed by atoms with E-state index in [0.717, 1.165) is 6.26 Å². The molecule has 0 atom stereocenters. The molecule has 0 saturated carbocycles. The fourth-order valence-electron chi connectivity index (χ4n) is 1.59. The maximum atomic E-state index is 11.6. The van der Waals surface area contributed by atoms with Crippen molar-refractivity contribution in [2.24, 2.45) is 0 Å². The summed E-state index contributed by atoms with van der Waals surface area (Å²) >= 11 is 0. The quantitative estimate of drug-likeness (QED) is 0.732. The van der Waals surface area contributed by atoms with Gasteiger partial charge in [-0.05, 0) is 12.1 Å². The average Bonchev–Trinajstić information content (AvgIpc) is 2.62. The molecule has 0 saturated heterocycles. The first-order chi connectivity index (χ1) is 7.91. The highest BCUT2D eigenvalue weighted by Gasteiger charge is 2.20. The molecule has 17 heavy (non-hydrogen) atoms. The van der Waals surface area contributed by atoms with Crippen molar-refractivity contribution in [3.63, 3.8) is 0 Å². The summed E-state index contributed by atoms with van der Waals surface area (Å²) < 4.78 is 23.3. The van der Waals surface area contributed by atoms with E-state index >= 15 is 0 Å². The number of anilines is 1. The number of aromatic hydroxyl groups is 1. The van der Waals surface area contributed by atoms with Crippen molar-refractivity contribution < 1.29 is 13.5 Å². The van der Waals surface area contributed by atoms with E-state index in [4.69, 9.17) is 5.73 Å². The Kier molecular flexibility index (Phi) is 2.55. The standard InChI is InChI=1S/C10H11N3O3S/c1-17(15,16)8-4-2-3-7(14)9(8)6-5-12-13-10(6)11/h2-5,14H,1H3,(H3,11,12,13). The van der Waals surface area contributed by atoms with Crippen LogP contribution in [0.15, 0.2) is 29.3 Å². The lowest BCUT2D eigenvalue weighted by Crippen LogP contribution is -2.00. The molecule has 0 radical (unpaired) electrons. The van der Waals surface area contributed by atoms with E-state index in [-0.39, 0.29) is 22.0 Å². The second-order valence-electron chi connectivity index (χ2n) is 3.62. The Balaban J connectivity index is 2.82. The summed E-state index contributed by atoms with van der Waals surface area (Å²) in [5, 5.41) is 16.0. The molecule has 0 spiro atoms. The third-order valence-electron chi connectivity index (χ3n) is 2.34. The lowest BCUT2D eigenvalue weighted by atomic mass is 10.1. The van der Waals surface area contributed by atoms with Crippen LogP contribution in [0, 0.1) is 0 Å². The van der Waals surface area contributed by atoms with Gasteiger partial charge in [0.2, 0.25) is 0 Å². The third kappa shape index (κ3) is 1.96. The number of hydrogen-bond acceptors (Lipinski definition) is 5. The van der Waals surface area contributed by atoms with Gasteiger partial charge in [0, 0.05) is 17.4 Å². The van der Waals surface area contributed by atoms with E-state index in [1.807, 2.05) is 0 Å². The van der Waals surface area contributed by atoms with Gasteiger partial charge >= 0.3 is 0 Å². The predicted octanol–water partition coefficient (Wildman–Crippen LogP) is 0.768. The van der Waals surface area contributed by atoms with Crippen LogP contribution in [0.5, 0.6) is 5.75 Å². The Hall–Kier alpha value is -2.02. The van der Waals surface area contributed by atoms with Gasteiger partial charge < -0.3 is 10.8 Å². The molecule has 0 aliphatic carbocycles. The van der Waals surface area contributed by atoms with Crippen LogP contribution >= 0.6 is 0 Å². The van der Waals surface area contributed by atoms with Crippen LogP contribution in [0.4, 0.5) is 5.82 Å². The van der Waals surface area contributed by atoms with Crippen molar-refractivity contribution in [2.75, 3.05) is 12.0 Å². The van der Waals surface area contributed by atoms with Gasteiger partial charge in [0.25, 0.3) is 0 Å². The van der Waals surface area contributed by atoms with Gasteiger partial charge in [-0.3, -0.25) is 5.10 Å². The number of aromatic nitrogens is 2. The number of phenols is 1. The maximum absolute atomic E-state index is 11.6. The summed E-state index contributed by atoms with van der Waals surface area (Å²) in [7, 11) is -3.46. The zero-order chi connectivity index (χ0) is 12.6. The summed E-state index contributed by atoms with van der Waals surface area (Å²) in [6, 6.07) is 4.28. The molecule has 6 nitrogen and oxygen atoms in total. The van der Waals surface area contributed by atoms with Gasteiger partial charge in [-0.1, -0.05) is 6.07 Å². The van der Waals surface area contributed by atoms with Crippen molar-refractivity contribution in [1.82, 2.24) is 10.2 Å². The smallest absolute Gasteiger partial charge is 0.176 e. The fourth-order valence-corrected chi connectivity index (χ4v) is 2.51. The second-order valence-corrected chi connectivity index (χ2v) is 5.60. The number of aromatic amines is 1. The van der Waals surface area contributed by atoms with Crippen LogP contribution in [0.2, 0.25) is 0 Å². The van der Waals surface area contributed by atoms with Crippen LogP contribution in [-0.4, -0.2) is 30.0 Å². The summed E-state index contributed by atoms with van der Waals surface area (Å²) in [5.41, 5.74) is 6.16. The maximum Gasteiger partial charge on any atom is 0.176 e. The van der Waals surface area contributed by atoms with E-state index in [2.05, 4.69) is 10.2 Å². The van der Waals surface area contributed by atoms with E-state index in [0.29, 0.717) is 5.56 Å². The zero-order valence-electron chi connectivity index (χ0n) is 9.01. The van der Waals surface area contributed by atoms with Crippen molar-refractivity contribution in [3.8, 4) is 16.9 Å². The molecule has 4 N–H and O–H groups in total. The number of hydrogen-bond donors (Lipinski definition) is 3. The first kappa shape index (κ1) is 11.5. The zero-order valence-corrected chi connectivity index (χ0v) is 9.82. The molecule has 1 aromatic heterocycles. The van der Waals surface area contributed by atoms with Crippen LogP contribution in [-0.2, 0) is 9.84 Å². The number of benzene rings is 1. The lowest BCUT2D eigenvalue weighted by molar-refractivity contribution is 0.475. The van der Waals surface area contributed by atoms with Gasteiger partial charge in [-0.2, -0.15) is 5.10 Å². The Labute approximate surface area is 98.0 Å². The molecule has 2 rings (SSSR count). The number of H-pyrrole nitrogens is 1. The normalized spacial score (nSPS) is 11.6. The molecule has 0 fully saturated rings. The Bertz CT molecular complexity index is 661. The molecule has 7 heteroatoms. The third-order valence-corrected chi connectivity index (χ3v) is 3.48. The molecule has 90 valence electrons. The molecular weight excluding hydrogens is 242 g/mol. The number of nitrogens with zero attached hydrogens (tertiary/aromatic N) is 1. The fraction of sp³-hybridized carbons (Fsp3) is 0.100. The Morgan fingerprint density at radius 1 is 1.41 bits per heavy atom. The summed E-state index contributed by atoms with van der Waals surface area (Å²) in [6.45, 7) is 0. The number of phenolic OH excluding ortho intramolecular Hbond substituents is 1. The molecule has 2 aromatic rings. The second kappa shape index (κ2) is 3.77. The minimum atomic E-state index is -3.46. The van der Waals surface area contributed by atoms with Crippen molar-refractivity contribution in [1.29, 1.82) is 0 Å². The van der Waals surface area contributed by atoms with Crippen LogP contribution < -0.4 is 5.73 Å². The number of nitrogen functional groups attached to an aromatic ring is 1. The average molecular weight is 253 g/mol. The SMILES string of the molecule is CS(=O)(=O)c1cccc(O)c1-c1cn[nH]c1N. The highest BCUT2D eigenvalue weighted by atomic mass is 32.2. The minimum absolute atomic E-state index is 0.0191. The number of sulfone groups is 1. The monoisotopic (exact) mass is 253 g/mol. The summed E-state index contributed by atoms with van der Waals surface area (Å²) in [5.74, 6) is 0.0532. The highest BCUT2D eigenvalue weighted by Crippen LogP contribution is 2.37. The molecule has 1 heterocycles. The summed E-state index contributed by atoms with van der Waals surface area (Å²) in [4.78, 5) is 0.0191. The molecule has 1 aromatic carbocycles. The van der Waals surface area contributed by atoms with Gasteiger partial charge in [0.1, 0.15) is 11.6 Å². The predicted molar refractivity (Wildman–Crippen MR) is 63.2 cm³/mol. The molecule has 0 unspecified atom stereocenters. The van der Waals surface area contributed by atoms with Crippen molar-refractivity contribution in [3.05, 3.63) is 24.4 Å². The van der Waals surface area contributed by atoms with E-state index in [1.54, 1.807) is 0 Å². The largest absolute Gasteiger partial charge is 0.507 e. The molecule has 0 aliphatic heterocycles. The van der Waals surface area contributed by atoms with Crippen molar-refractivity contribution >= 4 is 15.7 Å². The van der Waals surface area contributed by atoms with Crippen LogP contribution in [0.1, 0.15) is 0 Å². The first-order valence-corrected chi connectivity index (χ1v) is 6.61. The van der Waals surface area contributed by atoms with Crippen LogP contribution in [0.25, 0.3) is 11.1 Å². The van der Waals surface area contributed by atoms with Gasteiger partial charge in [0.05, 0.1) is 11.1 Å².